The second kappa shape index (κ2) is 4.95. The third-order valence-corrected chi connectivity index (χ3v) is 2.53. The molecule has 5 nitrogen and oxygen atoms in total. The van der Waals surface area contributed by atoms with Gasteiger partial charge in [-0.1, -0.05) is 6.07 Å². The first kappa shape index (κ1) is 13.2. The molecule has 5 heteroatoms. The van der Waals surface area contributed by atoms with Crippen molar-refractivity contribution in [2.24, 2.45) is 0 Å². The lowest BCUT2D eigenvalue weighted by molar-refractivity contribution is 0.0925. The second-order valence-electron chi connectivity index (χ2n) is 4.27. The van der Waals surface area contributed by atoms with E-state index in [1.165, 1.54) is 7.11 Å². The Morgan fingerprint density at radius 3 is 2.65 bits per heavy atom. The van der Waals surface area contributed by atoms with Gasteiger partial charge >= 0.3 is 0 Å². The van der Waals surface area contributed by atoms with Crippen LogP contribution in [0.1, 0.15) is 31.3 Å². The monoisotopic (exact) mass is 235 g/mol. The van der Waals surface area contributed by atoms with Crippen molar-refractivity contribution < 1.29 is 9.53 Å². The van der Waals surface area contributed by atoms with Crippen molar-refractivity contribution in [3.05, 3.63) is 23.9 Å². The molecule has 1 aromatic rings. The number of hydrogen-bond acceptors (Lipinski definition) is 4. The summed E-state index contributed by atoms with van der Waals surface area (Å²) in [6, 6.07) is 4.97. The second-order valence-corrected chi connectivity index (χ2v) is 4.27. The molecule has 0 aromatic carbocycles. The van der Waals surface area contributed by atoms with Crippen molar-refractivity contribution in [3.63, 3.8) is 0 Å². The van der Waals surface area contributed by atoms with Gasteiger partial charge in [0.2, 0.25) is 5.88 Å². The van der Waals surface area contributed by atoms with E-state index in [2.05, 4.69) is 10.3 Å². The molecule has 17 heavy (non-hydrogen) atoms. The van der Waals surface area contributed by atoms with Crippen LogP contribution < -0.4 is 10.1 Å². The van der Waals surface area contributed by atoms with E-state index in [-0.39, 0.29) is 11.6 Å². The van der Waals surface area contributed by atoms with Gasteiger partial charge in [-0.15, -0.1) is 0 Å². The fourth-order valence-electron chi connectivity index (χ4n) is 1.10. The summed E-state index contributed by atoms with van der Waals surface area (Å²) in [7, 11) is 1.50. The molecule has 0 radical (unpaired) electrons. The number of rotatable bonds is 4. The Balaban J connectivity index is 2.86. The van der Waals surface area contributed by atoms with Crippen LogP contribution in [0.3, 0.4) is 0 Å². The molecule has 0 bridgehead atoms. The zero-order valence-corrected chi connectivity index (χ0v) is 10.5. The SMILES string of the molecule is COc1cccc(C(=O)NC(C)(C)C(C)=N)n1. The number of hydrogen-bond donors (Lipinski definition) is 2. The predicted octanol–water partition coefficient (Wildman–Crippen LogP) is 1.64. The number of carbonyl (C=O) groups is 1. The third kappa shape index (κ3) is 3.27. The molecule has 0 unspecified atom stereocenters. The maximum absolute atomic E-state index is 11.9. The molecule has 1 rings (SSSR count). The summed E-state index contributed by atoms with van der Waals surface area (Å²) in [5.41, 5.74) is -0.0191. The van der Waals surface area contributed by atoms with Gasteiger partial charge in [-0.05, 0) is 26.8 Å². The van der Waals surface area contributed by atoms with Crippen molar-refractivity contribution in [2.45, 2.75) is 26.3 Å². The lowest BCUT2D eigenvalue weighted by Gasteiger charge is -2.25. The molecule has 0 spiro atoms. The van der Waals surface area contributed by atoms with Crippen molar-refractivity contribution in [3.8, 4) is 5.88 Å². The lowest BCUT2D eigenvalue weighted by atomic mass is 9.99. The molecule has 0 fully saturated rings. The highest BCUT2D eigenvalue weighted by Gasteiger charge is 2.23. The van der Waals surface area contributed by atoms with E-state index in [4.69, 9.17) is 10.1 Å². The summed E-state index contributed by atoms with van der Waals surface area (Å²) in [4.78, 5) is 15.9. The van der Waals surface area contributed by atoms with Crippen molar-refractivity contribution >= 4 is 11.6 Å². The molecular weight excluding hydrogens is 218 g/mol. The minimum atomic E-state index is -0.679. The maximum Gasteiger partial charge on any atom is 0.270 e. The molecular formula is C12H17N3O2. The maximum atomic E-state index is 11.9. The van der Waals surface area contributed by atoms with E-state index in [0.29, 0.717) is 11.6 Å². The molecule has 1 aromatic heterocycles. The molecule has 1 amide bonds. The van der Waals surface area contributed by atoms with Crippen LogP contribution in [0.4, 0.5) is 0 Å². The van der Waals surface area contributed by atoms with Crippen molar-refractivity contribution in [2.75, 3.05) is 7.11 Å². The van der Waals surface area contributed by atoms with E-state index >= 15 is 0 Å². The van der Waals surface area contributed by atoms with Crippen LogP contribution in [-0.2, 0) is 0 Å². The molecule has 0 aliphatic heterocycles. The smallest absolute Gasteiger partial charge is 0.270 e. The molecule has 0 aliphatic rings. The van der Waals surface area contributed by atoms with Crippen LogP contribution in [0.25, 0.3) is 0 Å². The first-order chi connectivity index (χ1) is 7.86. The van der Waals surface area contributed by atoms with Crippen LogP contribution in [0.2, 0.25) is 0 Å². The quantitative estimate of drug-likeness (QED) is 0.779. The molecule has 1 heterocycles. The average molecular weight is 235 g/mol. The van der Waals surface area contributed by atoms with Gasteiger partial charge in [0.05, 0.1) is 12.6 Å². The number of ether oxygens (including phenoxy) is 1. The zero-order chi connectivity index (χ0) is 13.1. The average Bonchev–Trinajstić information content (AvgIpc) is 2.28. The fraction of sp³-hybridized carbons (Fsp3) is 0.417. The molecule has 2 N–H and O–H groups in total. The molecule has 0 saturated heterocycles. The Morgan fingerprint density at radius 1 is 1.47 bits per heavy atom. The highest BCUT2D eigenvalue weighted by atomic mass is 16.5. The number of pyridine rings is 1. The number of carbonyl (C=O) groups excluding carboxylic acids is 1. The van der Waals surface area contributed by atoms with Gasteiger partial charge in [0, 0.05) is 11.8 Å². The van der Waals surface area contributed by atoms with Crippen LogP contribution in [0.15, 0.2) is 18.2 Å². The van der Waals surface area contributed by atoms with E-state index in [1.807, 2.05) is 0 Å². The number of nitrogens with zero attached hydrogens (tertiary/aromatic N) is 1. The molecule has 0 saturated carbocycles. The largest absolute Gasteiger partial charge is 0.481 e. The molecule has 0 atom stereocenters. The van der Waals surface area contributed by atoms with Crippen LogP contribution >= 0.6 is 0 Å². The van der Waals surface area contributed by atoms with E-state index in [9.17, 15) is 4.79 Å². The Hall–Kier alpha value is -1.91. The summed E-state index contributed by atoms with van der Waals surface area (Å²) in [6.45, 7) is 5.19. The van der Waals surface area contributed by atoms with E-state index in [0.717, 1.165) is 0 Å². The van der Waals surface area contributed by atoms with E-state index < -0.39 is 5.54 Å². The Morgan fingerprint density at radius 2 is 2.12 bits per heavy atom. The third-order valence-electron chi connectivity index (χ3n) is 2.53. The highest BCUT2D eigenvalue weighted by Crippen LogP contribution is 2.09. The van der Waals surface area contributed by atoms with Crippen LogP contribution in [0, 0.1) is 5.41 Å². The summed E-state index contributed by atoms with van der Waals surface area (Å²) in [5.74, 6) is 0.0718. The first-order valence-electron chi connectivity index (χ1n) is 5.26. The fourth-order valence-corrected chi connectivity index (χ4v) is 1.10. The van der Waals surface area contributed by atoms with Crippen LogP contribution in [-0.4, -0.2) is 29.3 Å². The van der Waals surface area contributed by atoms with Gasteiger partial charge in [0.1, 0.15) is 5.69 Å². The summed E-state index contributed by atoms with van der Waals surface area (Å²) < 4.78 is 4.95. The van der Waals surface area contributed by atoms with Gasteiger partial charge in [0.25, 0.3) is 5.91 Å². The number of methoxy groups -OCH3 is 1. The normalized spacial score (nSPS) is 10.8. The van der Waals surface area contributed by atoms with Gasteiger partial charge in [-0.25, -0.2) is 4.98 Å². The van der Waals surface area contributed by atoms with Gasteiger partial charge < -0.3 is 15.5 Å². The molecule has 92 valence electrons. The zero-order valence-electron chi connectivity index (χ0n) is 10.5. The van der Waals surface area contributed by atoms with E-state index in [1.54, 1.807) is 39.0 Å². The number of amides is 1. The van der Waals surface area contributed by atoms with Crippen molar-refractivity contribution in [1.82, 2.24) is 10.3 Å². The lowest BCUT2D eigenvalue weighted by Crippen LogP contribution is -2.48. The number of aromatic nitrogens is 1. The van der Waals surface area contributed by atoms with Gasteiger partial charge in [0.15, 0.2) is 0 Å². The molecule has 0 aliphatic carbocycles. The topological polar surface area (TPSA) is 75.1 Å². The van der Waals surface area contributed by atoms with Gasteiger partial charge in [-0.3, -0.25) is 4.79 Å². The Kier molecular flexibility index (Phi) is 3.83. The highest BCUT2D eigenvalue weighted by molar-refractivity contribution is 5.98. The van der Waals surface area contributed by atoms with Crippen molar-refractivity contribution in [1.29, 1.82) is 5.41 Å². The van der Waals surface area contributed by atoms with Crippen LogP contribution in [0.5, 0.6) is 5.88 Å². The standard InChI is InChI=1S/C12H17N3O2/c1-8(13)12(2,3)15-11(16)9-6-5-7-10(14-9)17-4/h5-7,13H,1-4H3,(H,15,16). The number of nitrogens with one attached hydrogen (secondary N) is 2. The Labute approximate surface area is 101 Å². The predicted molar refractivity (Wildman–Crippen MR) is 65.7 cm³/mol. The summed E-state index contributed by atoms with van der Waals surface area (Å²) >= 11 is 0. The van der Waals surface area contributed by atoms with Gasteiger partial charge in [-0.2, -0.15) is 0 Å². The summed E-state index contributed by atoms with van der Waals surface area (Å²) in [6.07, 6.45) is 0. The summed E-state index contributed by atoms with van der Waals surface area (Å²) in [5, 5.41) is 10.3. The minimum Gasteiger partial charge on any atom is -0.481 e. The first-order valence-corrected chi connectivity index (χ1v) is 5.26. The Bertz CT molecular complexity index is 441. The minimum absolute atomic E-state index is 0.277.